The Morgan fingerprint density at radius 1 is 1.07 bits per heavy atom. The Kier molecular flexibility index (Phi) is 6.60. The molecule has 7 heteroatoms. The van der Waals surface area contributed by atoms with Gasteiger partial charge in [-0.1, -0.05) is 12.1 Å². The van der Waals surface area contributed by atoms with Gasteiger partial charge in [0.25, 0.3) is 0 Å². The number of aromatic nitrogens is 2. The van der Waals surface area contributed by atoms with Gasteiger partial charge in [-0.25, -0.2) is 14.4 Å². The Bertz CT molecular complexity index is 944. The van der Waals surface area contributed by atoms with Gasteiger partial charge < -0.3 is 10.1 Å². The minimum atomic E-state index is -0.441. The average Bonchev–Trinajstić information content (AvgIpc) is 2.64. The predicted octanol–water partition coefficient (Wildman–Crippen LogP) is 4.79. The van der Waals surface area contributed by atoms with Gasteiger partial charge in [-0.3, -0.25) is 4.79 Å². The van der Waals surface area contributed by atoms with Crippen molar-refractivity contribution in [3.8, 4) is 5.75 Å². The average molecular weight is 397 g/mol. The number of nitrogens with one attached hydrogen (secondary N) is 1. The number of rotatable bonds is 7. The highest BCUT2D eigenvalue weighted by Gasteiger charge is 2.07. The Hall–Kier alpha value is -2.93. The fraction of sp³-hybridized carbons (Fsp3) is 0.190. The largest absolute Gasteiger partial charge is 0.490 e. The maximum Gasteiger partial charge on any atom is 0.227 e. The molecule has 0 atom stereocenters. The van der Waals surface area contributed by atoms with E-state index in [1.165, 1.54) is 23.9 Å². The van der Waals surface area contributed by atoms with Crippen LogP contribution in [0, 0.1) is 19.7 Å². The van der Waals surface area contributed by atoms with Gasteiger partial charge in [0.2, 0.25) is 5.91 Å². The molecule has 3 aromatic rings. The lowest BCUT2D eigenvalue weighted by atomic mass is 10.3. The standard InChI is InChI=1S/C21H20FN3O2S/c1-14-13-15(2)24-21(23-14)28-17-9-7-16(8-10-17)25-20(26)11-12-27-19-6-4-3-5-18(19)22/h3-10,13H,11-12H2,1-2H3,(H,25,26). The first-order valence-electron chi connectivity index (χ1n) is 8.77. The Labute approximate surface area is 167 Å². The molecule has 1 N–H and O–H groups in total. The van der Waals surface area contributed by atoms with E-state index in [1.54, 1.807) is 12.1 Å². The molecule has 0 saturated heterocycles. The van der Waals surface area contributed by atoms with Crippen molar-refractivity contribution in [1.29, 1.82) is 0 Å². The number of hydrogen-bond acceptors (Lipinski definition) is 5. The molecule has 0 fully saturated rings. The first-order chi connectivity index (χ1) is 13.5. The van der Waals surface area contributed by atoms with Crippen molar-refractivity contribution in [2.24, 2.45) is 0 Å². The quantitative estimate of drug-likeness (QED) is 0.581. The zero-order valence-electron chi connectivity index (χ0n) is 15.6. The van der Waals surface area contributed by atoms with Crippen molar-refractivity contribution in [2.45, 2.75) is 30.3 Å². The number of anilines is 1. The van der Waals surface area contributed by atoms with Crippen LogP contribution < -0.4 is 10.1 Å². The van der Waals surface area contributed by atoms with Crippen molar-refractivity contribution in [3.05, 3.63) is 71.8 Å². The molecule has 0 saturated carbocycles. The summed E-state index contributed by atoms with van der Waals surface area (Å²) >= 11 is 1.47. The monoisotopic (exact) mass is 397 g/mol. The molecule has 0 aliphatic rings. The van der Waals surface area contributed by atoms with Crippen LogP contribution in [-0.2, 0) is 4.79 Å². The number of benzene rings is 2. The van der Waals surface area contributed by atoms with Crippen LogP contribution in [0.2, 0.25) is 0 Å². The van der Waals surface area contributed by atoms with E-state index >= 15 is 0 Å². The van der Waals surface area contributed by atoms with E-state index in [9.17, 15) is 9.18 Å². The van der Waals surface area contributed by atoms with Gasteiger partial charge in [-0.2, -0.15) is 0 Å². The highest BCUT2D eigenvalue weighted by Crippen LogP contribution is 2.26. The number of halogens is 1. The van der Waals surface area contributed by atoms with Gasteiger partial charge >= 0.3 is 0 Å². The van der Waals surface area contributed by atoms with Crippen LogP contribution in [0.4, 0.5) is 10.1 Å². The van der Waals surface area contributed by atoms with Gasteiger partial charge in [0.1, 0.15) is 0 Å². The summed E-state index contributed by atoms with van der Waals surface area (Å²) in [6, 6.07) is 15.5. The normalized spacial score (nSPS) is 10.5. The lowest BCUT2D eigenvalue weighted by Crippen LogP contribution is -2.15. The first-order valence-corrected chi connectivity index (χ1v) is 9.58. The van der Waals surface area contributed by atoms with Crippen molar-refractivity contribution in [2.75, 3.05) is 11.9 Å². The lowest BCUT2D eigenvalue weighted by Gasteiger charge is -2.08. The molecule has 0 spiro atoms. The molecule has 2 aromatic carbocycles. The number of ether oxygens (including phenoxy) is 1. The molecular formula is C21H20FN3O2S. The van der Waals surface area contributed by atoms with Crippen molar-refractivity contribution in [1.82, 2.24) is 9.97 Å². The lowest BCUT2D eigenvalue weighted by molar-refractivity contribution is -0.116. The molecule has 28 heavy (non-hydrogen) atoms. The zero-order valence-corrected chi connectivity index (χ0v) is 16.4. The number of nitrogens with zero attached hydrogens (tertiary/aromatic N) is 2. The number of para-hydroxylation sites is 1. The molecule has 0 unspecified atom stereocenters. The smallest absolute Gasteiger partial charge is 0.227 e. The summed E-state index contributed by atoms with van der Waals surface area (Å²) in [6.45, 7) is 3.98. The minimum Gasteiger partial charge on any atom is -0.490 e. The van der Waals surface area contributed by atoms with E-state index in [-0.39, 0.29) is 24.7 Å². The molecule has 1 aromatic heterocycles. The summed E-state index contributed by atoms with van der Waals surface area (Å²) in [5, 5.41) is 3.49. The SMILES string of the molecule is Cc1cc(C)nc(Sc2ccc(NC(=O)CCOc3ccccc3F)cc2)n1. The highest BCUT2D eigenvalue weighted by molar-refractivity contribution is 7.99. The van der Waals surface area contributed by atoms with Gasteiger partial charge in [0, 0.05) is 22.0 Å². The first kappa shape index (κ1) is 19.8. The van der Waals surface area contributed by atoms with Gasteiger partial charge in [0.05, 0.1) is 13.0 Å². The second kappa shape index (κ2) is 9.32. The van der Waals surface area contributed by atoms with E-state index in [1.807, 2.05) is 44.2 Å². The molecule has 0 aliphatic heterocycles. The predicted molar refractivity (Wildman–Crippen MR) is 107 cm³/mol. The highest BCUT2D eigenvalue weighted by atomic mass is 32.2. The fourth-order valence-electron chi connectivity index (χ4n) is 2.49. The molecule has 0 bridgehead atoms. The van der Waals surface area contributed by atoms with Gasteiger partial charge in [-0.05, 0) is 68.1 Å². The van der Waals surface area contributed by atoms with Crippen molar-refractivity contribution in [3.63, 3.8) is 0 Å². The van der Waals surface area contributed by atoms with Crippen LogP contribution in [0.15, 0.2) is 64.6 Å². The number of carbonyl (C=O) groups is 1. The number of hydrogen-bond donors (Lipinski definition) is 1. The summed E-state index contributed by atoms with van der Waals surface area (Å²) in [6.07, 6.45) is 0.126. The van der Waals surface area contributed by atoms with E-state index in [4.69, 9.17) is 4.74 Å². The third-order valence-corrected chi connectivity index (χ3v) is 4.61. The molecule has 144 valence electrons. The van der Waals surface area contributed by atoms with E-state index in [0.29, 0.717) is 10.8 Å². The Morgan fingerprint density at radius 2 is 1.75 bits per heavy atom. The van der Waals surface area contributed by atoms with Crippen LogP contribution in [-0.4, -0.2) is 22.5 Å². The van der Waals surface area contributed by atoms with E-state index in [2.05, 4.69) is 15.3 Å². The topological polar surface area (TPSA) is 64.1 Å². The summed E-state index contributed by atoms with van der Waals surface area (Å²) < 4.78 is 18.8. The van der Waals surface area contributed by atoms with Crippen molar-refractivity contribution < 1.29 is 13.9 Å². The molecule has 1 amide bonds. The third-order valence-electron chi connectivity index (χ3n) is 3.73. The maximum atomic E-state index is 13.5. The molecular weight excluding hydrogens is 377 g/mol. The third kappa shape index (κ3) is 5.79. The molecule has 3 rings (SSSR count). The van der Waals surface area contributed by atoms with Crippen molar-refractivity contribution >= 4 is 23.4 Å². The summed E-state index contributed by atoms with van der Waals surface area (Å²) in [5.41, 5.74) is 2.54. The zero-order chi connectivity index (χ0) is 19.9. The number of carbonyl (C=O) groups excluding carboxylic acids is 1. The fourth-order valence-corrected chi connectivity index (χ4v) is 3.35. The van der Waals surface area contributed by atoms with Crippen LogP contribution >= 0.6 is 11.8 Å². The van der Waals surface area contributed by atoms with E-state index in [0.717, 1.165) is 16.3 Å². The van der Waals surface area contributed by atoms with Crippen LogP contribution in [0.3, 0.4) is 0 Å². The maximum absolute atomic E-state index is 13.5. The van der Waals surface area contributed by atoms with E-state index < -0.39 is 5.82 Å². The van der Waals surface area contributed by atoms with Gasteiger partial charge in [0.15, 0.2) is 16.7 Å². The second-order valence-corrected chi connectivity index (χ2v) is 7.18. The molecule has 0 aliphatic carbocycles. The summed E-state index contributed by atoms with van der Waals surface area (Å²) in [4.78, 5) is 21.8. The van der Waals surface area contributed by atoms with Crippen LogP contribution in [0.25, 0.3) is 0 Å². The molecule has 1 heterocycles. The minimum absolute atomic E-state index is 0.102. The Balaban J connectivity index is 1.49. The van der Waals surface area contributed by atoms with Crippen LogP contribution in [0.1, 0.15) is 17.8 Å². The second-order valence-electron chi connectivity index (χ2n) is 6.14. The van der Waals surface area contributed by atoms with Gasteiger partial charge in [-0.15, -0.1) is 0 Å². The molecule has 0 radical (unpaired) electrons. The summed E-state index contributed by atoms with van der Waals surface area (Å²) in [7, 11) is 0. The Morgan fingerprint density at radius 3 is 2.43 bits per heavy atom. The van der Waals surface area contributed by atoms with Crippen LogP contribution in [0.5, 0.6) is 5.75 Å². The number of amides is 1. The number of aryl methyl sites for hydroxylation is 2. The summed E-state index contributed by atoms with van der Waals surface area (Å²) in [5.74, 6) is -0.497. The molecule has 5 nitrogen and oxygen atoms in total.